The standard InChI is InChI=1S/C49H50ClFN8O8/c1-28-43(29(2)55(4)53-28)44-36(50)14-13-35-34(8-6-24-66-40-9-5-7-30-25-31(51)10-12-33(30)40)46(48(63)64)58(45(35)44)23-20-56-18-21-57(22-19-56)42(61)27-67-32-11-15-37-39(26-32)54(3)49(65)59(37)38-16-17-41(60)52-47(38)62/h5,7,9-15,25-26,38H,6,8,16-24,27H2,1-4H3,(H,63,64)(H,52,60,62). The number of carbonyl (C=O) groups excluding carboxylic acids is 3. The number of nitrogens with one attached hydrogen (secondary N) is 1. The van der Waals surface area contributed by atoms with Crippen molar-refractivity contribution < 1.29 is 38.1 Å². The molecule has 348 valence electrons. The van der Waals surface area contributed by atoms with Crippen molar-refractivity contribution >= 4 is 68.0 Å². The maximum atomic E-state index is 13.9. The zero-order chi connectivity index (χ0) is 47.3. The summed E-state index contributed by atoms with van der Waals surface area (Å²) in [5.41, 5.74) is 5.43. The van der Waals surface area contributed by atoms with Gasteiger partial charge < -0.3 is 24.0 Å². The largest absolute Gasteiger partial charge is 0.493 e. The molecule has 0 spiro atoms. The summed E-state index contributed by atoms with van der Waals surface area (Å²) in [4.78, 5) is 68.3. The summed E-state index contributed by atoms with van der Waals surface area (Å²) in [5, 5.41) is 20.7. The van der Waals surface area contributed by atoms with E-state index in [-0.39, 0.29) is 42.8 Å². The smallest absolute Gasteiger partial charge is 0.352 e. The van der Waals surface area contributed by atoms with Gasteiger partial charge in [0.05, 0.1) is 33.9 Å². The lowest BCUT2D eigenvalue weighted by molar-refractivity contribution is -0.136. The molecule has 2 fully saturated rings. The minimum absolute atomic E-state index is 0.133. The van der Waals surface area contributed by atoms with Crippen molar-refractivity contribution in [3.63, 3.8) is 0 Å². The number of aromatic carboxylic acids is 1. The zero-order valence-electron chi connectivity index (χ0n) is 37.6. The summed E-state index contributed by atoms with van der Waals surface area (Å²) in [6.07, 6.45) is 1.26. The minimum Gasteiger partial charge on any atom is -0.493 e. The molecule has 1 atom stereocenters. The second-order valence-electron chi connectivity index (χ2n) is 17.2. The lowest BCUT2D eigenvalue weighted by Crippen LogP contribution is -2.50. The number of nitrogens with zero attached hydrogens (tertiary/aromatic N) is 7. The monoisotopic (exact) mass is 932 g/mol. The van der Waals surface area contributed by atoms with E-state index in [0.29, 0.717) is 97.4 Å². The fraction of sp³-hybridized carbons (Fsp3) is 0.347. The van der Waals surface area contributed by atoms with Crippen molar-refractivity contribution in [2.24, 2.45) is 14.1 Å². The number of fused-ring (bicyclic) bond motifs is 3. The molecule has 0 saturated carbocycles. The van der Waals surface area contributed by atoms with Crippen molar-refractivity contribution in [1.29, 1.82) is 0 Å². The van der Waals surface area contributed by atoms with E-state index in [1.165, 1.54) is 21.3 Å². The first kappa shape index (κ1) is 45.2. The predicted molar refractivity (Wildman–Crippen MR) is 250 cm³/mol. The summed E-state index contributed by atoms with van der Waals surface area (Å²) in [7, 11) is 3.46. The van der Waals surface area contributed by atoms with E-state index in [1.54, 1.807) is 40.9 Å². The average Bonchev–Trinajstić information content (AvgIpc) is 3.86. The van der Waals surface area contributed by atoms with Gasteiger partial charge in [0, 0.05) is 93.4 Å². The Morgan fingerprint density at radius 2 is 1.69 bits per heavy atom. The Morgan fingerprint density at radius 1 is 0.910 bits per heavy atom. The van der Waals surface area contributed by atoms with Gasteiger partial charge in [-0.25, -0.2) is 14.0 Å². The number of ether oxygens (including phenoxy) is 2. The molecule has 2 aliphatic rings. The highest BCUT2D eigenvalue weighted by atomic mass is 35.5. The summed E-state index contributed by atoms with van der Waals surface area (Å²) in [6.45, 7) is 6.76. The van der Waals surface area contributed by atoms with Gasteiger partial charge in [-0.2, -0.15) is 5.10 Å². The first-order valence-corrected chi connectivity index (χ1v) is 22.6. The number of hydrogen-bond donors (Lipinski definition) is 2. The highest BCUT2D eigenvalue weighted by molar-refractivity contribution is 6.35. The third-order valence-corrected chi connectivity index (χ3v) is 13.5. The molecule has 3 aromatic heterocycles. The molecule has 0 bridgehead atoms. The molecule has 0 aliphatic carbocycles. The van der Waals surface area contributed by atoms with Gasteiger partial charge in [0.2, 0.25) is 11.8 Å². The van der Waals surface area contributed by atoms with Crippen LogP contribution in [0.25, 0.3) is 43.8 Å². The van der Waals surface area contributed by atoms with Gasteiger partial charge >= 0.3 is 11.7 Å². The van der Waals surface area contributed by atoms with Gasteiger partial charge in [-0.15, -0.1) is 0 Å². The molecule has 4 aromatic carbocycles. The first-order valence-electron chi connectivity index (χ1n) is 22.3. The molecule has 1 unspecified atom stereocenters. The maximum Gasteiger partial charge on any atom is 0.352 e. The normalized spacial score (nSPS) is 15.8. The first-order chi connectivity index (χ1) is 32.2. The number of piperidine rings is 1. The maximum absolute atomic E-state index is 13.9. The number of carboxylic acids is 1. The van der Waals surface area contributed by atoms with Crippen LogP contribution >= 0.6 is 11.6 Å². The van der Waals surface area contributed by atoms with Gasteiger partial charge in [-0.1, -0.05) is 29.8 Å². The lowest BCUT2D eigenvalue weighted by atomic mass is 9.98. The molecular weight excluding hydrogens is 883 g/mol. The molecule has 9 rings (SSSR count). The number of carboxylic acid groups (broad SMARTS) is 1. The minimum atomic E-state index is -1.06. The second kappa shape index (κ2) is 18.4. The van der Waals surface area contributed by atoms with Crippen LogP contribution in [0.1, 0.15) is 52.7 Å². The van der Waals surface area contributed by atoms with Crippen LogP contribution in [-0.2, 0) is 41.4 Å². The summed E-state index contributed by atoms with van der Waals surface area (Å²) in [5.74, 6) is -1.48. The zero-order valence-corrected chi connectivity index (χ0v) is 38.4. The Labute approximate surface area is 389 Å². The topological polar surface area (TPSA) is 175 Å². The van der Waals surface area contributed by atoms with Crippen LogP contribution in [0.3, 0.4) is 0 Å². The third-order valence-electron chi connectivity index (χ3n) is 13.2. The number of imidazole rings is 1. The molecule has 2 saturated heterocycles. The molecule has 5 heterocycles. The van der Waals surface area contributed by atoms with Gasteiger partial charge in [-0.3, -0.25) is 38.4 Å². The van der Waals surface area contributed by atoms with Crippen molar-refractivity contribution in [2.45, 2.75) is 52.1 Å². The SMILES string of the molecule is Cc1nn(C)c(C)c1-c1c(Cl)ccc2c(CCCOc3cccc4cc(F)ccc34)c(C(=O)O)n(CCN3CCN(C(=O)COc4ccc5c(c4)n(C)c(=O)n5C4CCC(=O)NC4=O)CC3)c12. The number of amides is 3. The van der Waals surface area contributed by atoms with Gasteiger partial charge in [-0.05, 0) is 86.5 Å². The number of piperazine rings is 1. The molecule has 16 nitrogen and oxygen atoms in total. The molecule has 18 heteroatoms. The van der Waals surface area contributed by atoms with Crippen molar-refractivity contribution in [3.8, 4) is 22.6 Å². The Bertz CT molecular complexity index is 3200. The molecule has 3 amide bonds. The fourth-order valence-corrected chi connectivity index (χ4v) is 9.98. The molecule has 2 aliphatic heterocycles. The van der Waals surface area contributed by atoms with E-state index in [4.69, 9.17) is 21.1 Å². The van der Waals surface area contributed by atoms with Crippen molar-refractivity contribution in [1.82, 2.24) is 38.6 Å². The summed E-state index contributed by atoms with van der Waals surface area (Å²) in [6, 6.07) is 17.9. The van der Waals surface area contributed by atoms with Crippen LogP contribution in [0.5, 0.6) is 11.5 Å². The number of halogens is 2. The Hall–Kier alpha value is -6.98. The second-order valence-corrected chi connectivity index (χ2v) is 17.6. The van der Waals surface area contributed by atoms with Crippen LogP contribution in [0, 0.1) is 19.7 Å². The van der Waals surface area contributed by atoms with Gasteiger partial charge in [0.25, 0.3) is 5.91 Å². The number of benzene rings is 4. The summed E-state index contributed by atoms with van der Waals surface area (Å²) < 4.78 is 32.5. The van der Waals surface area contributed by atoms with Crippen LogP contribution in [0.2, 0.25) is 5.02 Å². The average molecular weight is 933 g/mol. The highest BCUT2D eigenvalue weighted by Crippen LogP contribution is 2.42. The van der Waals surface area contributed by atoms with E-state index >= 15 is 0 Å². The van der Waals surface area contributed by atoms with Gasteiger partial charge in [0.15, 0.2) is 6.61 Å². The molecule has 0 radical (unpaired) electrons. The quantitative estimate of drug-likeness (QED) is 0.0949. The van der Waals surface area contributed by atoms with E-state index < -0.39 is 23.6 Å². The van der Waals surface area contributed by atoms with Crippen LogP contribution in [-0.4, -0.2) is 108 Å². The lowest BCUT2D eigenvalue weighted by Gasteiger charge is -2.34. The predicted octanol–water partition coefficient (Wildman–Crippen LogP) is 6.17. The van der Waals surface area contributed by atoms with Crippen LogP contribution in [0.4, 0.5) is 4.39 Å². The number of rotatable bonds is 14. The highest BCUT2D eigenvalue weighted by Gasteiger charge is 2.32. The van der Waals surface area contributed by atoms with E-state index in [2.05, 4.69) is 15.3 Å². The molecular formula is C49H50ClFN8O8. The number of aryl methyl sites for hydroxylation is 4. The number of imide groups is 1. The van der Waals surface area contributed by atoms with Crippen molar-refractivity contribution in [3.05, 3.63) is 111 Å². The molecule has 67 heavy (non-hydrogen) atoms. The number of hydrogen-bond acceptors (Lipinski definition) is 9. The van der Waals surface area contributed by atoms with Crippen LogP contribution in [0.15, 0.2) is 71.5 Å². The third kappa shape index (κ3) is 8.53. The van der Waals surface area contributed by atoms with E-state index in [9.17, 15) is 33.5 Å². The number of carbonyl (C=O) groups is 4. The number of aromatic nitrogens is 5. The Kier molecular flexibility index (Phi) is 12.4. The summed E-state index contributed by atoms with van der Waals surface area (Å²) >= 11 is 7.06. The Balaban J connectivity index is 0.899. The molecule has 7 aromatic rings. The van der Waals surface area contributed by atoms with Crippen LogP contribution < -0.4 is 20.5 Å². The van der Waals surface area contributed by atoms with E-state index in [1.807, 2.05) is 55.8 Å². The molecule has 2 N–H and O–H groups in total. The Morgan fingerprint density at radius 3 is 2.42 bits per heavy atom. The van der Waals surface area contributed by atoms with E-state index in [0.717, 1.165) is 38.7 Å². The van der Waals surface area contributed by atoms with Crippen molar-refractivity contribution in [2.75, 3.05) is 45.9 Å². The fourth-order valence-electron chi connectivity index (χ4n) is 9.73. The van der Waals surface area contributed by atoms with Gasteiger partial charge in [0.1, 0.15) is 29.1 Å².